The van der Waals surface area contributed by atoms with Crippen LogP contribution in [0.3, 0.4) is 0 Å². The second kappa shape index (κ2) is 3.71. The molecule has 0 bridgehead atoms. The molecule has 1 aliphatic rings. The molecule has 1 aliphatic heterocycles. The monoisotopic (exact) mass is 220 g/mol. The van der Waals surface area contributed by atoms with E-state index in [1.54, 1.807) is 0 Å². The van der Waals surface area contributed by atoms with Crippen molar-refractivity contribution in [2.75, 3.05) is 18.4 Å². The van der Waals surface area contributed by atoms with Crippen LogP contribution in [0.25, 0.3) is 0 Å². The van der Waals surface area contributed by atoms with Gasteiger partial charge in [-0.25, -0.2) is 4.79 Å². The average Bonchev–Trinajstić information content (AvgIpc) is 2.36. The van der Waals surface area contributed by atoms with Crippen molar-refractivity contribution in [3.8, 4) is 0 Å². The largest absolute Gasteiger partial charge is 0.336 e. The molecule has 0 saturated carbocycles. The van der Waals surface area contributed by atoms with Crippen LogP contribution in [0.15, 0.2) is 0 Å². The van der Waals surface area contributed by atoms with Crippen molar-refractivity contribution in [3.63, 3.8) is 0 Å². The summed E-state index contributed by atoms with van der Waals surface area (Å²) in [5, 5.41) is 3.17. The predicted molar refractivity (Wildman–Crippen MR) is 43.5 cm³/mol. The third-order valence-corrected chi connectivity index (χ3v) is 1.86. The van der Waals surface area contributed by atoms with Gasteiger partial charge in [0.05, 0.1) is 0 Å². The molecule has 5 heteroatoms. The quantitative estimate of drug-likeness (QED) is 0.683. The van der Waals surface area contributed by atoms with Gasteiger partial charge in [0.1, 0.15) is 0 Å². The van der Waals surface area contributed by atoms with Crippen molar-refractivity contribution < 1.29 is 9.59 Å². The average molecular weight is 221 g/mol. The zero-order valence-corrected chi connectivity index (χ0v) is 7.56. The van der Waals surface area contributed by atoms with Gasteiger partial charge in [0.2, 0.25) is 5.91 Å². The Labute approximate surface area is 73.1 Å². The summed E-state index contributed by atoms with van der Waals surface area (Å²) in [6, 6.07) is -0.268. The lowest BCUT2D eigenvalue weighted by Crippen LogP contribution is -2.34. The van der Waals surface area contributed by atoms with Crippen LogP contribution in [0, 0.1) is 0 Å². The van der Waals surface area contributed by atoms with Crippen molar-refractivity contribution >= 4 is 27.9 Å². The molecule has 4 nitrogen and oxygen atoms in total. The minimum Gasteiger partial charge on any atom is -0.336 e. The Morgan fingerprint density at radius 2 is 2.45 bits per heavy atom. The normalized spacial score (nSPS) is 16.8. The van der Waals surface area contributed by atoms with Crippen LogP contribution < -0.4 is 5.32 Å². The van der Waals surface area contributed by atoms with Crippen molar-refractivity contribution in [1.82, 2.24) is 10.2 Å². The summed E-state index contributed by atoms with van der Waals surface area (Å²) in [7, 11) is 0. The number of alkyl halides is 1. The molecule has 1 heterocycles. The first kappa shape index (κ1) is 8.52. The zero-order valence-electron chi connectivity index (χ0n) is 5.97. The highest BCUT2D eigenvalue weighted by Gasteiger charge is 2.24. The van der Waals surface area contributed by atoms with E-state index in [0.29, 0.717) is 24.8 Å². The highest BCUT2D eigenvalue weighted by Crippen LogP contribution is 2.01. The minimum atomic E-state index is -0.268. The molecule has 0 atom stereocenters. The number of hydrogen-bond donors (Lipinski definition) is 1. The van der Waals surface area contributed by atoms with Gasteiger partial charge in [-0.05, 0) is 0 Å². The van der Waals surface area contributed by atoms with E-state index in [9.17, 15) is 9.59 Å². The number of nitrogens with zero attached hydrogens (tertiary/aromatic N) is 1. The van der Waals surface area contributed by atoms with E-state index in [1.807, 2.05) is 0 Å². The van der Waals surface area contributed by atoms with Crippen LogP contribution >= 0.6 is 15.9 Å². The number of nitrogens with one attached hydrogen (secondary N) is 1. The standard InChI is InChI=1S/C6H9BrN2O2/c7-2-1-5(10)9-4-3-8-6(9)11/h1-4H2,(H,8,11). The maximum absolute atomic E-state index is 11.1. The van der Waals surface area contributed by atoms with Crippen molar-refractivity contribution in [2.45, 2.75) is 6.42 Å². The summed E-state index contributed by atoms with van der Waals surface area (Å²) in [4.78, 5) is 23.2. The predicted octanol–water partition coefficient (Wildman–Crippen LogP) is 0.323. The molecule has 11 heavy (non-hydrogen) atoms. The molecule has 0 aliphatic carbocycles. The van der Waals surface area contributed by atoms with Gasteiger partial charge >= 0.3 is 6.03 Å². The van der Waals surface area contributed by atoms with E-state index in [2.05, 4.69) is 21.2 Å². The Morgan fingerprint density at radius 3 is 2.91 bits per heavy atom. The number of urea groups is 1. The Bertz CT molecular complexity index is 183. The minimum absolute atomic E-state index is 0.114. The molecule has 3 amide bonds. The molecule has 0 spiro atoms. The number of halogens is 1. The van der Waals surface area contributed by atoms with Crippen LogP contribution in [-0.4, -0.2) is 35.3 Å². The fraction of sp³-hybridized carbons (Fsp3) is 0.667. The maximum Gasteiger partial charge on any atom is 0.324 e. The van der Waals surface area contributed by atoms with Crippen LogP contribution in [-0.2, 0) is 4.79 Å². The number of hydrogen-bond acceptors (Lipinski definition) is 2. The highest BCUT2D eigenvalue weighted by molar-refractivity contribution is 9.09. The Balaban J connectivity index is 2.46. The third-order valence-electron chi connectivity index (χ3n) is 1.47. The topological polar surface area (TPSA) is 49.4 Å². The van der Waals surface area contributed by atoms with Crippen LogP contribution in [0.2, 0.25) is 0 Å². The number of amides is 3. The molecule has 1 fully saturated rings. The van der Waals surface area contributed by atoms with Crippen molar-refractivity contribution in [3.05, 3.63) is 0 Å². The second-order valence-electron chi connectivity index (χ2n) is 2.22. The fourth-order valence-electron chi connectivity index (χ4n) is 0.925. The van der Waals surface area contributed by atoms with Crippen molar-refractivity contribution in [2.24, 2.45) is 0 Å². The lowest BCUT2D eigenvalue weighted by molar-refractivity contribution is -0.127. The van der Waals surface area contributed by atoms with Crippen LogP contribution in [0.5, 0.6) is 0 Å². The first-order chi connectivity index (χ1) is 5.25. The summed E-state index contributed by atoms with van der Waals surface area (Å²) < 4.78 is 0. The SMILES string of the molecule is O=C(CCBr)N1CCNC1=O. The summed E-state index contributed by atoms with van der Waals surface area (Å²) in [5.41, 5.74) is 0. The zero-order chi connectivity index (χ0) is 8.27. The van der Waals surface area contributed by atoms with Gasteiger partial charge in [-0.2, -0.15) is 0 Å². The Hall–Kier alpha value is -0.580. The molecule has 0 radical (unpaired) electrons. The number of rotatable bonds is 2. The third kappa shape index (κ3) is 1.92. The van der Waals surface area contributed by atoms with Crippen LogP contribution in [0.1, 0.15) is 6.42 Å². The molecule has 1 N–H and O–H groups in total. The van der Waals surface area contributed by atoms with Crippen molar-refractivity contribution in [1.29, 1.82) is 0 Å². The second-order valence-corrected chi connectivity index (χ2v) is 3.01. The van der Waals surface area contributed by atoms with Crippen LogP contribution in [0.4, 0.5) is 4.79 Å². The van der Waals surface area contributed by atoms with E-state index in [1.165, 1.54) is 4.90 Å². The van der Waals surface area contributed by atoms with Gasteiger partial charge in [0, 0.05) is 24.8 Å². The molecule has 0 unspecified atom stereocenters. The summed E-state index contributed by atoms with van der Waals surface area (Å²) in [5.74, 6) is -0.114. The molecule has 0 aromatic carbocycles. The van der Waals surface area contributed by atoms with Gasteiger partial charge in [0.15, 0.2) is 0 Å². The van der Waals surface area contributed by atoms with Gasteiger partial charge in [-0.3, -0.25) is 9.69 Å². The molecular formula is C6H9BrN2O2. The first-order valence-electron chi connectivity index (χ1n) is 3.40. The smallest absolute Gasteiger partial charge is 0.324 e. The number of carbonyl (C=O) groups excluding carboxylic acids is 2. The number of carbonyl (C=O) groups is 2. The Kier molecular flexibility index (Phi) is 2.87. The van der Waals surface area contributed by atoms with E-state index in [0.717, 1.165) is 0 Å². The lowest BCUT2D eigenvalue weighted by atomic mass is 10.4. The van der Waals surface area contributed by atoms with Gasteiger partial charge in [-0.1, -0.05) is 15.9 Å². The summed E-state index contributed by atoms with van der Waals surface area (Å²) >= 11 is 3.14. The van der Waals surface area contributed by atoms with E-state index in [-0.39, 0.29) is 11.9 Å². The lowest BCUT2D eigenvalue weighted by Gasteiger charge is -2.09. The van der Waals surface area contributed by atoms with Gasteiger partial charge in [-0.15, -0.1) is 0 Å². The van der Waals surface area contributed by atoms with Gasteiger partial charge in [0.25, 0.3) is 0 Å². The molecule has 1 rings (SSSR count). The number of imide groups is 1. The molecular weight excluding hydrogens is 212 g/mol. The maximum atomic E-state index is 11.1. The molecule has 0 aromatic heterocycles. The van der Waals surface area contributed by atoms with Gasteiger partial charge < -0.3 is 5.32 Å². The molecule has 1 saturated heterocycles. The highest BCUT2D eigenvalue weighted by atomic mass is 79.9. The first-order valence-corrected chi connectivity index (χ1v) is 4.52. The van der Waals surface area contributed by atoms with E-state index < -0.39 is 0 Å². The van der Waals surface area contributed by atoms with E-state index >= 15 is 0 Å². The Morgan fingerprint density at radius 1 is 1.73 bits per heavy atom. The van der Waals surface area contributed by atoms with E-state index in [4.69, 9.17) is 0 Å². The molecule has 62 valence electrons. The fourth-order valence-corrected chi connectivity index (χ4v) is 1.26. The summed E-state index contributed by atoms with van der Waals surface area (Å²) in [6.45, 7) is 1.08. The summed E-state index contributed by atoms with van der Waals surface area (Å²) in [6.07, 6.45) is 0.382. The molecule has 0 aromatic rings.